The molecule has 0 aliphatic heterocycles. The molecule has 4 aromatic heterocycles. The Bertz CT molecular complexity index is 2410. The number of carbonyl (C=O) groups excluding carboxylic acids is 3. The average Bonchev–Trinajstić information content (AvgIpc) is 3.61. The Morgan fingerprint density at radius 3 is 1.90 bits per heavy atom. The van der Waals surface area contributed by atoms with E-state index in [0.717, 1.165) is 9.69 Å². The van der Waals surface area contributed by atoms with Crippen molar-refractivity contribution < 1.29 is 33.6 Å². The number of nitrogens with zero attached hydrogens (tertiary/aromatic N) is 10. The van der Waals surface area contributed by atoms with Gasteiger partial charge in [0.1, 0.15) is 16.2 Å². The molecule has 0 fully saturated rings. The Labute approximate surface area is 284 Å². The van der Waals surface area contributed by atoms with Gasteiger partial charge in [-0.3, -0.25) is 4.79 Å². The number of hydrogen-bond acceptors (Lipinski definition) is 13. The van der Waals surface area contributed by atoms with Crippen molar-refractivity contribution in [3.63, 3.8) is 0 Å². The van der Waals surface area contributed by atoms with Crippen LogP contribution in [0.2, 0.25) is 0 Å². The van der Waals surface area contributed by atoms with Gasteiger partial charge in [-0.2, -0.15) is 4.98 Å². The second-order valence-electron chi connectivity index (χ2n) is 14.7. The molecule has 50 heavy (non-hydrogen) atoms. The maximum absolute atomic E-state index is 13.3. The van der Waals surface area contributed by atoms with E-state index in [2.05, 4.69) is 25.8 Å². The van der Waals surface area contributed by atoms with Crippen LogP contribution in [0.5, 0.6) is 0 Å². The minimum absolute atomic E-state index is 0.125. The summed E-state index contributed by atoms with van der Waals surface area (Å²) >= 11 is 0. The van der Waals surface area contributed by atoms with Gasteiger partial charge < -0.3 is 9.68 Å². The highest BCUT2D eigenvalue weighted by molar-refractivity contribution is 5.93. The van der Waals surface area contributed by atoms with Crippen molar-refractivity contribution in [1.82, 2.24) is 45.4 Å². The first-order valence-corrected chi connectivity index (χ1v) is 15.6. The van der Waals surface area contributed by atoms with E-state index >= 15 is 0 Å². The van der Waals surface area contributed by atoms with Crippen LogP contribution in [0.1, 0.15) is 62.3 Å². The summed E-state index contributed by atoms with van der Waals surface area (Å²) in [6.45, 7) is 15.2. The first-order valence-electron chi connectivity index (χ1n) is 15.6. The molecule has 0 saturated carbocycles. The lowest BCUT2D eigenvalue weighted by Gasteiger charge is -2.15. The highest BCUT2D eigenvalue weighted by Gasteiger charge is 2.34. The van der Waals surface area contributed by atoms with Crippen LogP contribution in [-0.4, -0.2) is 63.3 Å². The van der Waals surface area contributed by atoms with Crippen LogP contribution < -0.4 is 24.8 Å². The quantitative estimate of drug-likeness (QED) is 0.190. The molecule has 0 amide bonds. The predicted octanol–water partition coefficient (Wildman–Crippen LogP) is 2.23. The van der Waals surface area contributed by atoms with Gasteiger partial charge in [0.05, 0.1) is 32.2 Å². The molecular weight excluding hydrogens is 648 g/mol. The van der Waals surface area contributed by atoms with Crippen LogP contribution in [0.15, 0.2) is 53.3 Å². The summed E-state index contributed by atoms with van der Waals surface area (Å²) in [6.07, 6.45) is 0. The van der Waals surface area contributed by atoms with E-state index in [0.29, 0.717) is 38.3 Å². The Hall–Kier alpha value is -6.13. The van der Waals surface area contributed by atoms with E-state index in [-0.39, 0.29) is 16.6 Å². The summed E-state index contributed by atoms with van der Waals surface area (Å²) in [5.74, 6) is -1.79. The first-order chi connectivity index (χ1) is 23.3. The van der Waals surface area contributed by atoms with E-state index in [1.807, 2.05) is 0 Å². The maximum atomic E-state index is 13.3. The smallest absolute Gasteiger partial charge is 0.317 e. The minimum Gasteiger partial charge on any atom is -0.317 e. The molecule has 0 saturated heterocycles. The number of benzene rings is 2. The van der Waals surface area contributed by atoms with Crippen molar-refractivity contribution in [2.45, 2.75) is 62.3 Å². The molecule has 6 rings (SSSR count). The van der Waals surface area contributed by atoms with Gasteiger partial charge in [-0.25, -0.2) is 19.2 Å². The highest BCUT2D eigenvalue weighted by Crippen LogP contribution is 2.27. The lowest BCUT2D eigenvalue weighted by Crippen LogP contribution is -2.39. The second-order valence-corrected chi connectivity index (χ2v) is 14.7. The first kappa shape index (κ1) is 33.8. The monoisotopic (exact) mass is 683 g/mol. The van der Waals surface area contributed by atoms with Crippen LogP contribution in [0.4, 0.5) is 0 Å². The second kappa shape index (κ2) is 11.8. The molecule has 0 aliphatic carbocycles. The van der Waals surface area contributed by atoms with Gasteiger partial charge in [0.25, 0.3) is 0 Å². The van der Waals surface area contributed by atoms with Gasteiger partial charge in [-0.15, -0.1) is 10.2 Å². The number of aromatic nitrogens is 10. The average molecular weight is 684 g/mol. The van der Waals surface area contributed by atoms with Crippen molar-refractivity contribution in [3.8, 4) is 16.9 Å². The van der Waals surface area contributed by atoms with Crippen LogP contribution in [0, 0.1) is 16.2 Å². The Kier molecular flexibility index (Phi) is 7.95. The summed E-state index contributed by atoms with van der Waals surface area (Å²) < 4.78 is 1.46. The molecule has 6 aromatic rings. The molecule has 0 atom stereocenters. The Balaban J connectivity index is 1.52. The van der Waals surface area contributed by atoms with E-state index in [9.17, 15) is 19.2 Å². The van der Waals surface area contributed by atoms with Gasteiger partial charge >= 0.3 is 29.1 Å². The third-order valence-corrected chi connectivity index (χ3v) is 7.37. The minimum atomic E-state index is -0.897. The van der Waals surface area contributed by atoms with Crippen molar-refractivity contribution >= 4 is 51.0 Å². The standard InChI is InChI=1S/C33H35N10O7/c1-31(2,3)28(45)48-41-25-21(35-37-41)14-11-15-22(25)40-23-17-16-20(34-26(23)42(39-40)49-29(46)32(4,5)6)18-12-10-13-19-24(18)36-38-43(27(19)44)50-30(47)33(7,8)9/h10-17H,1-9H3/q+1. The zero-order valence-corrected chi connectivity index (χ0v) is 28.9. The molecular formula is C33H35N10O7+. The fourth-order valence-electron chi connectivity index (χ4n) is 4.44. The van der Waals surface area contributed by atoms with E-state index in [1.165, 1.54) is 10.7 Å². The molecule has 0 bridgehead atoms. The molecule has 4 heterocycles. The van der Waals surface area contributed by atoms with Crippen LogP contribution in [-0.2, 0) is 14.4 Å². The summed E-state index contributed by atoms with van der Waals surface area (Å²) in [5.41, 5.74) is -0.717. The van der Waals surface area contributed by atoms with Gasteiger partial charge in [-0.1, -0.05) is 27.7 Å². The SMILES string of the molecule is CC(C)(C)C(=O)On1nnc2c(-c3ccc4c(n3)n(OC(=O)C(C)(C)C)n[n+]4-c3cccc4nnn(OC(=O)C(C)(C)C)c34)cccc2c1=O. The molecule has 17 heteroatoms. The van der Waals surface area contributed by atoms with Gasteiger partial charge in [0.2, 0.25) is 5.52 Å². The molecule has 0 unspecified atom stereocenters. The number of para-hydroxylation sites is 1. The third-order valence-electron chi connectivity index (χ3n) is 7.37. The normalized spacial score (nSPS) is 12.4. The zero-order valence-electron chi connectivity index (χ0n) is 28.9. The highest BCUT2D eigenvalue weighted by atomic mass is 16.7. The third kappa shape index (κ3) is 6.12. The fourth-order valence-corrected chi connectivity index (χ4v) is 4.44. The topological polar surface area (TPSA) is 192 Å². The van der Waals surface area contributed by atoms with Gasteiger partial charge in [-0.05, 0) is 108 Å². The van der Waals surface area contributed by atoms with E-state index in [4.69, 9.17) is 19.5 Å². The Morgan fingerprint density at radius 1 is 0.680 bits per heavy atom. The molecule has 0 N–H and O–H groups in total. The van der Waals surface area contributed by atoms with E-state index in [1.54, 1.807) is 105 Å². The number of pyridine rings is 1. The van der Waals surface area contributed by atoms with Crippen molar-refractivity contribution in [2.75, 3.05) is 0 Å². The molecule has 0 spiro atoms. The molecule has 17 nitrogen and oxygen atoms in total. The lowest BCUT2D eigenvalue weighted by atomic mass is 9.98. The summed E-state index contributed by atoms with van der Waals surface area (Å²) in [7, 11) is 0. The number of carbonyl (C=O) groups is 3. The number of fused-ring (bicyclic) bond motifs is 3. The van der Waals surface area contributed by atoms with E-state index < -0.39 is 39.7 Å². The largest absolute Gasteiger partial charge is 0.366 e. The molecule has 258 valence electrons. The maximum Gasteiger partial charge on any atom is 0.366 e. The summed E-state index contributed by atoms with van der Waals surface area (Å²) in [5, 5.41) is 20.9. The summed E-state index contributed by atoms with van der Waals surface area (Å²) in [6, 6.07) is 13.4. The van der Waals surface area contributed by atoms with Gasteiger partial charge in [0.15, 0.2) is 11.2 Å². The summed E-state index contributed by atoms with van der Waals surface area (Å²) in [4.78, 5) is 75.5. The lowest BCUT2D eigenvalue weighted by molar-refractivity contribution is -0.638. The number of hydrogen-bond donors (Lipinski definition) is 0. The van der Waals surface area contributed by atoms with Crippen molar-refractivity contribution in [3.05, 3.63) is 58.9 Å². The zero-order chi connectivity index (χ0) is 36.3. The molecule has 0 radical (unpaired) electrons. The van der Waals surface area contributed by atoms with Crippen molar-refractivity contribution in [1.29, 1.82) is 0 Å². The Morgan fingerprint density at radius 2 is 1.26 bits per heavy atom. The molecule has 2 aromatic carbocycles. The predicted molar refractivity (Wildman–Crippen MR) is 176 cm³/mol. The van der Waals surface area contributed by atoms with Crippen LogP contribution in [0.3, 0.4) is 0 Å². The molecule has 0 aliphatic rings. The van der Waals surface area contributed by atoms with Crippen LogP contribution in [0.25, 0.3) is 50.0 Å². The van der Waals surface area contributed by atoms with Crippen LogP contribution >= 0.6 is 0 Å². The number of rotatable bonds is 5. The van der Waals surface area contributed by atoms with Crippen molar-refractivity contribution in [2.24, 2.45) is 16.2 Å². The van der Waals surface area contributed by atoms with Gasteiger partial charge in [0, 0.05) is 5.56 Å². The fraction of sp³-hybridized carbons (Fsp3) is 0.364.